The standard InChI is InChI=1S/C19H15N3O2S3/c1-12-20-13(9-25-12)10-26-17-7-3-2-5-14(17)18(23)22-19-21-15(11-27-19)16-6-4-8-24-16/h2-9,11H,10H2,1H3,(H,21,22,23). The van der Waals surface area contributed by atoms with E-state index in [4.69, 9.17) is 4.42 Å². The maximum atomic E-state index is 12.8. The Hall–Kier alpha value is -2.42. The lowest BCUT2D eigenvalue weighted by atomic mass is 10.2. The normalized spacial score (nSPS) is 10.9. The molecule has 136 valence electrons. The van der Waals surface area contributed by atoms with Crippen molar-refractivity contribution in [3.05, 3.63) is 69.7 Å². The van der Waals surface area contributed by atoms with Gasteiger partial charge < -0.3 is 4.42 Å². The molecule has 0 aliphatic carbocycles. The van der Waals surface area contributed by atoms with Crippen LogP contribution in [-0.4, -0.2) is 15.9 Å². The Labute approximate surface area is 168 Å². The number of hydrogen-bond donors (Lipinski definition) is 1. The third-order valence-electron chi connectivity index (χ3n) is 3.67. The van der Waals surface area contributed by atoms with Gasteiger partial charge in [0.05, 0.1) is 22.5 Å². The average molecular weight is 414 g/mol. The number of thioether (sulfide) groups is 1. The molecule has 0 aliphatic rings. The van der Waals surface area contributed by atoms with Gasteiger partial charge >= 0.3 is 0 Å². The fraction of sp³-hybridized carbons (Fsp3) is 0.105. The average Bonchev–Trinajstić information content (AvgIpc) is 3.42. The molecule has 3 heterocycles. The number of aromatic nitrogens is 2. The first kappa shape index (κ1) is 18.0. The summed E-state index contributed by atoms with van der Waals surface area (Å²) >= 11 is 4.61. The van der Waals surface area contributed by atoms with E-state index < -0.39 is 0 Å². The van der Waals surface area contributed by atoms with Crippen molar-refractivity contribution >= 4 is 45.5 Å². The molecule has 5 nitrogen and oxygen atoms in total. The van der Waals surface area contributed by atoms with Crippen molar-refractivity contribution in [2.45, 2.75) is 17.6 Å². The molecule has 1 aromatic carbocycles. The molecule has 0 saturated carbocycles. The van der Waals surface area contributed by atoms with E-state index in [1.54, 1.807) is 29.4 Å². The molecule has 3 aromatic heterocycles. The molecule has 1 N–H and O–H groups in total. The number of furan rings is 1. The summed E-state index contributed by atoms with van der Waals surface area (Å²) in [5.41, 5.74) is 2.37. The topological polar surface area (TPSA) is 68.0 Å². The molecule has 0 fully saturated rings. The summed E-state index contributed by atoms with van der Waals surface area (Å²) in [7, 11) is 0. The van der Waals surface area contributed by atoms with E-state index in [9.17, 15) is 4.79 Å². The summed E-state index contributed by atoms with van der Waals surface area (Å²) in [6, 6.07) is 11.2. The largest absolute Gasteiger partial charge is 0.463 e. The Morgan fingerprint density at radius 2 is 2.04 bits per heavy atom. The summed E-state index contributed by atoms with van der Waals surface area (Å²) < 4.78 is 5.34. The highest BCUT2D eigenvalue weighted by Gasteiger charge is 2.15. The van der Waals surface area contributed by atoms with Crippen LogP contribution in [-0.2, 0) is 5.75 Å². The molecule has 4 rings (SSSR count). The fourth-order valence-electron chi connectivity index (χ4n) is 2.44. The van der Waals surface area contributed by atoms with Gasteiger partial charge in [-0.1, -0.05) is 12.1 Å². The number of nitrogens with zero attached hydrogens (tertiary/aromatic N) is 2. The Morgan fingerprint density at radius 3 is 2.81 bits per heavy atom. The highest BCUT2D eigenvalue weighted by atomic mass is 32.2. The number of thiazole rings is 2. The SMILES string of the molecule is Cc1nc(CSc2ccccc2C(=O)Nc2nc(-c3ccco3)cs2)cs1. The van der Waals surface area contributed by atoms with E-state index in [-0.39, 0.29) is 5.91 Å². The number of aryl methyl sites for hydroxylation is 1. The second kappa shape index (κ2) is 8.08. The molecule has 0 radical (unpaired) electrons. The number of hydrogen-bond acceptors (Lipinski definition) is 7. The van der Waals surface area contributed by atoms with Crippen LogP contribution in [0.1, 0.15) is 21.1 Å². The summed E-state index contributed by atoms with van der Waals surface area (Å²) in [6.45, 7) is 1.99. The van der Waals surface area contributed by atoms with Gasteiger partial charge in [0.25, 0.3) is 5.91 Å². The second-order valence-corrected chi connectivity index (χ2v) is 8.55. The van der Waals surface area contributed by atoms with Gasteiger partial charge in [-0.15, -0.1) is 34.4 Å². The van der Waals surface area contributed by atoms with Crippen molar-refractivity contribution < 1.29 is 9.21 Å². The number of benzene rings is 1. The van der Waals surface area contributed by atoms with E-state index in [0.29, 0.717) is 22.1 Å². The monoisotopic (exact) mass is 413 g/mol. The maximum Gasteiger partial charge on any atom is 0.258 e. The third-order valence-corrected chi connectivity index (χ3v) is 6.36. The van der Waals surface area contributed by atoms with Crippen LogP contribution in [0.3, 0.4) is 0 Å². The Kier molecular flexibility index (Phi) is 5.38. The first-order valence-electron chi connectivity index (χ1n) is 8.12. The number of nitrogens with one attached hydrogen (secondary N) is 1. The van der Waals surface area contributed by atoms with E-state index in [1.165, 1.54) is 11.3 Å². The zero-order valence-corrected chi connectivity index (χ0v) is 16.8. The number of anilines is 1. The lowest BCUT2D eigenvalue weighted by Gasteiger charge is -2.08. The number of amides is 1. The molecule has 0 bridgehead atoms. The van der Waals surface area contributed by atoms with Crippen molar-refractivity contribution in [2.24, 2.45) is 0 Å². The third kappa shape index (κ3) is 4.29. The van der Waals surface area contributed by atoms with Gasteiger partial charge in [0.15, 0.2) is 10.9 Å². The molecule has 0 atom stereocenters. The lowest BCUT2D eigenvalue weighted by molar-refractivity contribution is 0.102. The summed E-state index contributed by atoms with van der Waals surface area (Å²) in [4.78, 5) is 22.6. The van der Waals surface area contributed by atoms with Gasteiger partial charge in [-0.25, -0.2) is 9.97 Å². The number of carbonyl (C=O) groups excluding carboxylic acids is 1. The zero-order valence-electron chi connectivity index (χ0n) is 14.3. The Balaban J connectivity index is 1.47. The predicted octanol–water partition coefficient (Wildman–Crippen LogP) is 5.71. The van der Waals surface area contributed by atoms with E-state index in [1.807, 2.05) is 48.7 Å². The van der Waals surface area contributed by atoms with Gasteiger partial charge in [-0.3, -0.25) is 10.1 Å². The molecule has 0 aliphatic heterocycles. The van der Waals surface area contributed by atoms with Crippen LogP contribution in [0.25, 0.3) is 11.5 Å². The van der Waals surface area contributed by atoms with Crippen LogP contribution in [0.15, 0.2) is 62.7 Å². The minimum atomic E-state index is -0.173. The maximum absolute atomic E-state index is 12.8. The second-order valence-electron chi connectivity index (χ2n) is 5.61. The van der Waals surface area contributed by atoms with Crippen molar-refractivity contribution in [3.63, 3.8) is 0 Å². The minimum absolute atomic E-state index is 0.173. The highest BCUT2D eigenvalue weighted by molar-refractivity contribution is 7.98. The van der Waals surface area contributed by atoms with E-state index in [2.05, 4.69) is 20.7 Å². The van der Waals surface area contributed by atoms with Crippen LogP contribution in [0.2, 0.25) is 0 Å². The van der Waals surface area contributed by atoms with Crippen molar-refractivity contribution in [1.29, 1.82) is 0 Å². The fourth-order valence-corrected chi connectivity index (χ4v) is 4.79. The molecule has 27 heavy (non-hydrogen) atoms. The summed E-state index contributed by atoms with van der Waals surface area (Å²) in [5, 5.41) is 8.39. The number of carbonyl (C=O) groups is 1. The van der Waals surface area contributed by atoms with Crippen molar-refractivity contribution in [3.8, 4) is 11.5 Å². The first-order valence-corrected chi connectivity index (χ1v) is 10.9. The molecule has 8 heteroatoms. The van der Waals surface area contributed by atoms with Crippen LogP contribution in [0, 0.1) is 6.92 Å². The van der Waals surface area contributed by atoms with Gasteiger partial charge in [0.1, 0.15) is 5.69 Å². The number of rotatable bonds is 6. The molecular weight excluding hydrogens is 398 g/mol. The van der Waals surface area contributed by atoms with Gasteiger partial charge in [0, 0.05) is 21.4 Å². The van der Waals surface area contributed by atoms with Crippen LogP contribution >= 0.6 is 34.4 Å². The van der Waals surface area contributed by atoms with E-state index >= 15 is 0 Å². The predicted molar refractivity (Wildman–Crippen MR) is 111 cm³/mol. The Morgan fingerprint density at radius 1 is 1.15 bits per heavy atom. The van der Waals surface area contributed by atoms with E-state index in [0.717, 1.165) is 21.3 Å². The molecule has 0 saturated heterocycles. The molecule has 0 spiro atoms. The van der Waals surface area contributed by atoms with Gasteiger partial charge in [-0.05, 0) is 31.2 Å². The molecule has 1 amide bonds. The lowest BCUT2D eigenvalue weighted by Crippen LogP contribution is -2.12. The van der Waals surface area contributed by atoms with Gasteiger partial charge in [0.2, 0.25) is 0 Å². The van der Waals surface area contributed by atoms with Crippen LogP contribution in [0.5, 0.6) is 0 Å². The Bertz CT molecular complexity index is 1050. The van der Waals surface area contributed by atoms with Crippen LogP contribution in [0.4, 0.5) is 5.13 Å². The minimum Gasteiger partial charge on any atom is -0.463 e. The van der Waals surface area contributed by atoms with Crippen LogP contribution < -0.4 is 5.32 Å². The first-order chi connectivity index (χ1) is 13.2. The molecule has 4 aromatic rings. The quantitative estimate of drug-likeness (QED) is 0.410. The smallest absolute Gasteiger partial charge is 0.258 e. The van der Waals surface area contributed by atoms with Crippen molar-refractivity contribution in [1.82, 2.24) is 9.97 Å². The van der Waals surface area contributed by atoms with Gasteiger partial charge in [-0.2, -0.15) is 0 Å². The molecule has 0 unspecified atom stereocenters. The highest BCUT2D eigenvalue weighted by Crippen LogP contribution is 2.29. The summed E-state index contributed by atoms with van der Waals surface area (Å²) in [5.74, 6) is 1.24. The summed E-state index contributed by atoms with van der Waals surface area (Å²) in [6.07, 6.45) is 1.60. The van der Waals surface area contributed by atoms with Crippen molar-refractivity contribution in [2.75, 3.05) is 5.32 Å². The zero-order chi connectivity index (χ0) is 18.6. The molecular formula is C19H15N3O2S3.